The summed E-state index contributed by atoms with van der Waals surface area (Å²) in [6.07, 6.45) is 2.90. The monoisotopic (exact) mass is 239 g/mol. The van der Waals surface area contributed by atoms with Gasteiger partial charge in [-0.3, -0.25) is 0 Å². The third-order valence-corrected chi connectivity index (χ3v) is 3.52. The largest absolute Gasteiger partial charge is 0.394 e. The molecule has 2 nitrogen and oxygen atoms in total. The highest BCUT2D eigenvalue weighted by Gasteiger charge is 2.25. The Morgan fingerprint density at radius 2 is 2.12 bits per heavy atom. The first-order valence-electron chi connectivity index (χ1n) is 5.73. The number of aliphatic hydroxyl groups is 1. The molecule has 1 aromatic rings. The van der Waals surface area contributed by atoms with E-state index in [0.29, 0.717) is 0 Å². The van der Waals surface area contributed by atoms with Crippen LogP contribution in [-0.4, -0.2) is 11.7 Å². The topological polar surface area (TPSA) is 46.2 Å². The van der Waals surface area contributed by atoms with Gasteiger partial charge < -0.3 is 10.8 Å². The number of hydrogen-bond donors (Lipinski definition) is 3. The van der Waals surface area contributed by atoms with E-state index in [1.54, 1.807) is 0 Å². The third kappa shape index (κ3) is 3.00. The predicted molar refractivity (Wildman–Crippen MR) is 70.9 cm³/mol. The van der Waals surface area contributed by atoms with Gasteiger partial charge in [-0.1, -0.05) is 31.9 Å². The van der Waals surface area contributed by atoms with Gasteiger partial charge >= 0.3 is 0 Å². The fourth-order valence-corrected chi connectivity index (χ4v) is 1.94. The summed E-state index contributed by atoms with van der Waals surface area (Å²) in [6.45, 7) is 4.11. The second-order valence-electron chi connectivity index (χ2n) is 4.42. The molecule has 0 aliphatic rings. The van der Waals surface area contributed by atoms with Crippen LogP contribution in [0.25, 0.3) is 0 Å². The summed E-state index contributed by atoms with van der Waals surface area (Å²) < 4.78 is 0. The van der Waals surface area contributed by atoms with Crippen molar-refractivity contribution in [3.05, 3.63) is 29.3 Å². The van der Waals surface area contributed by atoms with Gasteiger partial charge in [0.1, 0.15) is 0 Å². The first kappa shape index (κ1) is 13.6. The van der Waals surface area contributed by atoms with Crippen molar-refractivity contribution in [1.29, 1.82) is 0 Å². The highest BCUT2D eigenvalue weighted by molar-refractivity contribution is 7.80. The Bertz CT molecular complexity index is 354. The molecular formula is C13H21NOS. The fraction of sp³-hybridized carbons (Fsp3) is 0.538. The van der Waals surface area contributed by atoms with Crippen LogP contribution in [0.3, 0.4) is 0 Å². The lowest BCUT2D eigenvalue weighted by atomic mass is 9.86. The SMILES string of the molecule is CCCCC(N)(CO)c1ccc(C)c(S)c1. The van der Waals surface area contributed by atoms with E-state index in [4.69, 9.17) is 5.73 Å². The molecule has 0 saturated carbocycles. The summed E-state index contributed by atoms with van der Waals surface area (Å²) in [5.41, 5.74) is 7.71. The zero-order valence-corrected chi connectivity index (χ0v) is 10.9. The smallest absolute Gasteiger partial charge is 0.0653 e. The fourth-order valence-electron chi connectivity index (χ4n) is 1.73. The van der Waals surface area contributed by atoms with E-state index in [9.17, 15) is 5.11 Å². The van der Waals surface area contributed by atoms with E-state index in [2.05, 4.69) is 19.6 Å². The van der Waals surface area contributed by atoms with Gasteiger partial charge in [-0.25, -0.2) is 0 Å². The van der Waals surface area contributed by atoms with Gasteiger partial charge in [-0.2, -0.15) is 0 Å². The normalized spacial score (nSPS) is 14.8. The van der Waals surface area contributed by atoms with E-state index in [1.165, 1.54) is 0 Å². The lowest BCUT2D eigenvalue weighted by Gasteiger charge is -2.28. The number of thiol groups is 1. The van der Waals surface area contributed by atoms with Crippen molar-refractivity contribution >= 4 is 12.6 Å². The molecule has 0 heterocycles. The standard InChI is InChI=1S/C13H21NOS/c1-3-4-7-13(14,9-15)11-6-5-10(2)12(16)8-11/h5-6,8,15-16H,3-4,7,9,14H2,1-2H3. The van der Waals surface area contributed by atoms with Gasteiger partial charge in [0.25, 0.3) is 0 Å². The first-order valence-corrected chi connectivity index (χ1v) is 6.18. The average molecular weight is 239 g/mol. The van der Waals surface area contributed by atoms with Crippen molar-refractivity contribution < 1.29 is 5.11 Å². The van der Waals surface area contributed by atoms with E-state index in [1.807, 2.05) is 25.1 Å². The molecule has 0 amide bonds. The maximum atomic E-state index is 9.48. The van der Waals surface area contributed by atoms with Gasteiger partial charge in [0.15, 0.2) is 0 Å². The molecule has 1 rings (SSSR count). The summed E-state index contributed by atoms with van der Waals surface area (Å²) in [5, 5.41) is 9.48. The van der Waals surface area contributed by atoms with Gasteiger partial charge in [0, 0.05) is 4.90 Å². The number of aliphatic hydroxyl groups excluding tert-OH is 1. The number of unbranched alkanes of at least 4 members (excludes halogenated alkanes) is 1. The Hall–Kier alpha value is -0.510. The minimum Gasteiger partial charge on any atom is -0.394 e. The number of rotatable bonds is 5. The lowest BCUT2D eigenvalue weighted by Crippen LogP contribution is -2.40. The zero-order valence-electron chi connectivity index (χ0n) is 10.0. The molecule has 0 aromatic heterocycles. The molecule has 90 valence electrons. The van der Waals surface area contributed by atoms with E-state index in [-0.39, 0.29) is 6.61 Å². The Morgan fingerprint density at radius 1 is 1.44 bits per heavy atom. The Balaban J connectivity index is 2.97. The third-order valence-electron chi connectivity index (χ3n) is 3.04. The van der Waals surface area contributed by atoms with Crippen molar-refractivity contribution in [2.45, 2.75) is 43.5 Å². The van der Waals surface area contributed by atoms with Crippen molar-refractivity contribution in [3.63, 3.8) is 0 Å². The highest BCUT2D eigenvalue weighted by atomic mass is 32.1. The van der Waals surface area contributed by atoms with E-state index < -0.39 is 5.54 Å². The second kappa shape index (κ2) is 5.71. The number of hydrogen-bond acceptors (Lipinski definition) is 3. The Kier molecular flexibility index (Phi) is 4.84. The van der Waals surface area contributed by atoms with Crippen LogP contribution in [0.1, 0.15) is 37.3 Å². The summed E-state index contributed by atoms with van der Waals surface area (Å²) in [4.78, 5) is 0.928. The van der Waals surface area contributed by atoms with Crippen LogP contribution in [0.4, 0.5) is 0 Å². The molecule has 0 saturated heterocycles. The summed E-state index contributed by atoms with van der Waals surface area (Å²) >= 11 is 4.39. The van der Waals surface area contributed by atoms with Crippen molar-refractivity contribution in [3.8, 4) is 0 Å². The molecular weight excluding hydrogens is 218 g/mol. The predicted octanol–water partition coefficient (Wildman–Crippen LogP) is 2.62. The van der Waals surface area contributed by atoms with Gasteiger partial charge in [0.05, 0.1) is 12.1 Å². The molecule has 0 spiro atoms. The van der Waals surface area contributed by atoms with Crippen molar-refractivity contribution in [2.75, 3.05) is 6.61 Å². The zero-order chi connectivity index (χ0) is 12.2. The molecule has 1 atom stereocenters. The Morgan fingerprint density at radius 3 is 2.62 bits per heavy atom. The van der Waals surface area contributed by atoms with E-state index in [0.717, 1.165) is 35.3 Å². The Labute approximate surface area is 103 Å². The molecule has 1 aromatic carbocycles. The number of benzene rings is 1. The molecule has 0 aliphatic heterocycles. The summed E-state index contributed by atoms with van der Waals surface area (Å²) in [5.74, 6) is 0. The van der Waals surface area contributed by atoms with Crippen LogP contribution in [0.15, 0.2) is 23.1 Å². The minimum absolute atomic E-state index is 0.0245. The minimum atomic E-state index is -0.624. The molecule has 0 aliphatic carbocycles. The number of nitrogens with two attached hydrogens (primary N) is 1. The van der Waals surface area contributed by atoms with Gasteiger partial charge in [-0.05, 0) is 30.5 Å². The van der Waals surface area contributed by atoms with Gasteiger partial charge in [0.2, 0.25) is 0 Å². The number of aryl methyl sites for hydroxylation is 1. The molecule has 16 heavy (non-hydrogen) atoms. The molecule has 0 radical (unpaired) electrons. The average Bonchev–Trinajstić information content (AvgIpc) is 2.29. The van der Waals surface area contributed by atoms with Gasteiger partial charge in [-0.15, -0.1) is 12.6 Å². The quantitative estimate of drug-likeness (QED) is 0.692. The second-order valence-corrected chi connectivity index (χ2v) is 4.90. The highest BCUT2D eigenvalue weighted by Crippen LogP contribution is 2.27. The van der Waals surface area contributed by atoms with Crippen LogP contribution < -0.4 is 5.73 Å². The molecule has 3 heteroatoms. The first-order chi connectivity index (χ1) is 7.53. The molecule has 0 bridgehead atoms. The van der Waals surface area contributed by atoms with Crippen LogP contribution in [0, 0.1) is 6.92 Å². The van der Waals surface area contributed by atoms with Crippen molar-refractivity contribution in [2.24, 2.45) is 5.73 Å². The van der Waals surface area contributed by atoms with Crippen LogP contribution in [0.2, 0.25) is 0 Å². The molecule has 0 fully saturated rings. The maximum Gasteiger partial charge on any atom is 0.0653 e. The summed E-state index contributed by atoms with van der Waals surface area (Å²) in [7, 11) is 0. The maximum absolute atomic E-state index is 9.48. The van der Waals surface area contributed by atoms with Crippen LogP contribution >= 0.6 is 12.6 Å². The van der Waals surface area contributed by atoms with Crippen molar-refractivity contribution in [1.82, 2.24) is 0 Å². The molecule has 1 unspecified atom stereocenters. The van der Waals surface area contributed by atoms with Crippen LogP contribution in [0.5, 0.6) is 0 Å². The summed E-state index contributed by atoms with van der Waals surface area (Å²) in [6, 6.07) is 5.95. The van der Waals surface area contributed by atoms with E-state index >= 15 is 0 Å². The van der Waals surface area contributed by atoms with Crippen LogP contribution in [-0.2, 0) is 5.54 Å². The lowest BCUT2D eigenvalue weighted by molar-refractivity contribution is 0.184. The molecule has 3 N–H and O–H groups in total.